The van der Waals surface area contributed by atoms with Crippen molar-refractivity contribution in [3.8, 4) is 0 Å². The van der Waals surface area contributed by atoms with Gasteiger partial charge in [0.1, 0.15) is 0 Å². The topological polar surface area (TPSA) is 50.4 Å². The molecule has 0 spiro atoms. The minimum Gasteiger partial charge on any atom is -0.377 e. The largest absolute Gasteiger partial charge is 0.377 e. The first-order valence-electron chi connectivity index (χ1n) is 6.82. The first-order chi connectivity index (χ1) is 8.17. The normalized spacial score (nSPS) is 21.8. The van der Waals surface area contributed by atoms with E-state index >= 15 is 0 Å². The summed E-state index contributed by atoms with van der Waals surface area (Å²) in [5, 5.41) is 6.29. The molecule has 0 aliphatic carbocycles. The van der Waals surface area contributed by atoms with E-state index in [1.54, 1.807) is 0 Å². The molecule has 2 N–H and O–H groups in total. The van der Waals surface area contributed by atoms with Gasteiger partial charge in [0.15, 0.2) is 0 Å². The second-order valence-electron chi connectivity index (χ2n) is 4.79. The van der Waals surface area contributed by atoms with E-state index in [9.17, 15) is 4.79 Å². The lowest BCUT2D eigenvalue weighted by Crippen LogP contribution is -2.47. The van der Waals surface area contributed by atoms with Crippen molar-refractivity contribution in [2.75, 3.05) is 13.2 Å². The van der Waals surface area contributed by atoms with Gasteiger partial charge in [-0.2, -0.15) is 0 Å². The minimum atomic E-state index is -0.139. The molecule has 1 saturated heterocycles. The molecular formula is C13H26N2O2. The molecule has 0 radical (unpaired) electrons. The third-order valence-corrected chi connectivity index (χ3v) is 3.40. The van der Waals surface area contributed by atoms with Gasteiger partial charge in [-0.05, 0) is 32.6 Å². The number of carbonyl (C=O) groups excluding carboxylic acids is 1. The minimum absolute atomic E-state index is 0.0942. The van der Waals surface area contributed by atoms with Crippen LogP contribution in [0.5, 0.6) is 0 Å². The van der Waals surface area contributed by atoms with E-state index in [-0.39, 0.29) is 11.9 Å². The van der Waals surface area contributed by atoms with E-state index in [0.29, 0.717) is 12.1 Å². The molecule has 1 rings (SSSR count). The molecule has 1 aliphatic rings. The van der Waals surface area contributed by atoms with Crippen LogP contribution in [0.1, 0.15) is 46.5 Å². The second kappa shape index (κ2) is 7.67. The van der Waals surface area contributed by atoms with Crippen LogP contribution in [0.4, 0.5) is 0 Å². The molecule has 2 unspecified atom stereocenters. The van der Waals surface area contributed by atoms with E-state index in [0.717, 1.165) is 38.8 Å². The molecule has 0 aromatic carbocycles. The summed E-state index contributed by atoms with van der Waals surface area (Å²) >= 11 is 0. The van der Waals surface area contributed by atoms with Gasteiger partial charge in [0.2, 0.25) is 5.91 Å². The van der Waals surface area contributed by atoms with Gasteiger partial charge in [0.05, 0.1) is 12.1 Å². The zero-order valence-electron chi connectivity index (χ0n) is 11.3. The van der Waals surface area contributed by atoms with Crippen LogP contribution in [-0.2, 0) is 9.53 Å². The molecule has 100 valence electrons. The van der Waals surface area contributed by atoms with Crippen LogP contribution in [0, 0.1) is 0 Å². The standard InChI is InChI=1S/C13H26N2O2/c1-4-11(5-2)15-13(16)10(3)14-9-12-7-6-8-17-12/h10-12,14H,4-9H2,1-3H3,(H,15,16). The van der Waals surface area contributed by atoms with Crippen LogP contribution in [0.2, 0.25) is 0 Å². The summed E-state index contributed by atoms with van der Waals surface area (Å²) in [6.45, 7) is 7.74. The molecule has 0 bridgehead atoms. The fourth-order valence-corrected chi connectivity index (χ4v) is 2.03. The highest BCUT2D eigenvalue weighted by atomic mass is 16.5. The zero-order chi connectivity index (χ0) is 12.7. The number of nitrogens with one attached hydrogen (secondary N) is 2. The van der Waals surface area contributed by atoms with Gasteiger partial charge in [-0.25, -0.2) is 0 Å². The molecule has 1 amide bonds. The van der Waals surface area contributed by atoms with Crippen molar-refractivity contribution in [3.63, 3.8) is 0 Å². The van der Waals surface area contributed by atoms with Crippen LogP contribution < -0.4 is 10.6 Å². The number of hydrogen-bond acceptors (Lipinski definition) is 3. The summed E-state index contributed by atoms with van der Waals surface area (Å²) in [6.07, 6.45) is 4.51. The summed E-state index contributed by atoms with van der Waals surface area (Å²) < 4.78 is 5.51. The summed E-state index contributed by atoms with van der Waals surface area (Å²) in [5.41, 5.74) is 0. The predicted octanol–water partition coefficient (Wildman–Crippen LogP) is 1.45. The average Bonchev–Trinajstić information content (AvgIpc) is 2.85. The van der Waals surface area contributed by atoms with Crippen molar-refractivity contribution in [2.24, 2.45) is 0 Å². The van der Waals surface area contributed by atoms with Gasteiger partial charge >= 0.3 is 0 Å². The smallest absolute Gasteiger partial charge is 0.237 e. The molecule has 4 heteroatoms. The molecular weight excluding hydrogens is 216 g/mol. The van der Waals surface area contributed by atoms with Crippen molar-refractivity contribution in [1.82, 2.24) is 10.6 Å². The maximum atomic E-state index is 11.9. The Morgan fingerprint density at radius 2 is 2.12 bits per heavy atom. The fourth-order valence-electron chi connectivity index (χ4n) is 2.03. The van der Waals surface area contributed by atoms with E-state index in [1.807, 2.05) is 6.92 Å². The highest BCUT2D eigenvalue weighted by Crippen LogP contribution is 2.10. The Labute approximate surface area is 104 Å². The first-order valence-corrected chi connectivity index (χ1v) is 6.82. The Bertz CT molecular complexity index is 223. The molecule has 17 heavy (non-hydrogen) atoms. The zero-order valence-corrected chi connectivity index (χ0v) is 11.3. The predicted molar refractivity (Wildman–Crippen MR) is 69.0 cm³/mol. The lowest BCUT2D eigenvalue weighted by molar-refractivity contribution is -0.123. The quantitative estimate of drug-likeness (QED) is 0.710. The highest BCUT2D eigenvalue weighted by Gasteiger charge is 2.19. The summed E-state index contributed by atoms with van der Waals surface area (Å²) in [7, 11) is 0. The third kappa shape index (κ3) is 5.04. The van der Waals surface area contributed by atoms with Crippen LogP contribution >= 0.6 is 0 Å². The molecule has 0 aromatic heterocycles. The van der Waals surface area contributed by atoms with Gasteiger partial charge < -0.3 is 15.4 Å². The van der Waals surface area contributed by atoms with Crippen LogP contribution in [0.25, 0.3) is 0 Å². The maximum absolute atomic E-state index is 11.9. The number of carbonyl (C=O) groups is 1. The third-order valence-electron chi connectivity index (χ3n) is 3.40. The SMILES string of the molecule is CCC(CC)NC(=O)C(C)NCC1CCCO1. The highest BCUT2D eigenvalue weighted by molar-refractivity contribution is 5.81. The van der Waals surface area contributed by atoms with Crippen LogP contribution in [-0.4, -0.2) is 37.2 Å². The summed E-state index contributed by atoms with van der Waals surface area (Å²) in [4.78, 5) is 11.9. The Morgan fingerprint density at radius 3 is 2.65 bits per heavy atom. The van der Waals surface area contributed by atoms with Crippen molar-refractivity contribution < 1.29 is 9.53 Å². The van der Waals surface area contributed by atoms with Gasteiger partial charge in [-0.15, -0.1) is 0 Å². The lowest BCUT2D eigenvalue weighted by atomic mass is 10.1. The second-order valence-corrected chi connectivity index (χ2v) is 4.79. The molecule has 1 aliphatic heterocycles. The molecule has 0 aromatic rings. The van der Waals surface area contributed by atoms with Crippen LogP contribution in [0.3, 0.4) is 0 Å². The number of rotatable bonds is 7. The molecule has 4 nitrogen and oxygen atoms in total. The van der Waals surface area contributed by atoms with Crippen molar-refractivity contribution in [1.29, 1.82) is 0 Å². The van der Waals surface area contributed by atoms with E-state index in [4.69, 9.17) is 4.74 Å². The monoisotopic (exact) mass is 242 g/mol. The Hall–Kier alpha value is -0.610. The fraction of sp³-hybridized carbons (Fsp3) is 0.923. The number of ether oxygens (including phenoxy) is 1. The maximum Gasteiger partial charge on any atom is 0.237 e. The van der Waals surface area contributed by atoms with Crippen LogP contribution in [0.15, 0.2) is 0 Å². The average molecular weight is 242 g/mol. The van der Waals surface area contributed by atoms with Gasteiger partial charge in [0.25, 0.3) is 0 Å². The van der Waals surface area contributed by atoms with E-state index in [2.05, 4.69) is 24.5 Å². The Morgan fingerprint density at radius 1 is 1.41 bits per heavy atom. The van der Waals surface area contributed by atoms with Gasteiger partial charge in [0, 0.05) is 19.2 Å². The van der Waals surface area contributed by atoms with Crippen molar-refractivity contribution in [2.45, 2.75) is 64.6 Å². The van der Waals surface area contributed by atoms with E-state index < -0.39 is 0 Å². The molecule has 1 fully saturated rings. The summed E-state index contributed by atoms with van der Waals surface area (Å²) in [5.74, 6) is 0.0942. The van der Waals surface area contributed by atoms with E-state index in [1.165, 1.54) is 0 Å². The first kappa shape index (κ1) is 14.5. The van der Waals surface area contributed by atoms with Crippen molar-refractivity contribution >= 4 is 5.91 Å². The Kier molecular flexibility index (Phi) is 6.52. The van der Waals surface area contributed by atoms with Gasteiger partial charge in [-0.3, -0.25) is 4.79 Å². The molecule has 2 atom stereocenters. The Balaban J connectivity index is 2.21. The number of hydrogen-bond donors (Lipinski definition) is 2. The summed E-state index contributed by atoms with van der Waals surface area (Å²) in [6, 6.07) is 0.161. The molecule has 1 heterocycles. The lowest BCUT2D eigenvalue weighted by Gasteiger charge is -2.20. The van der Waals surface area contributed by atoms with Crippen molar-refractivity contribution in [3.05, 3.63) is 0 Å². The van der Waals surface area contributed by atoms with Gasteiger partial charge in [-0.1, -0.05) is 13.8 Å². The molecule has 0 saturated carbocycles. The number of amides is 1.